The average molecular weight is 317 g/mol. The van der Waals surface area contributed by atoms with Gasteiger partial charge in [0.1, 0.15) is 5.82 Å². The van der Waals surface area contributed by atoms with Crippen LogP contribution < -0.4 is 0 Å². The standard InChI is InChI=1S/C18H20FNOS/c1-2-3-4-17(21)20-11-9-16-15(10-12-22-16)18(20)13-5-7-14(19)8-6-13/h5-8,10,12,18H,2-4,9,11H2,1H3/t18-/m0/s1. The van der Waals surface area contributed by atoms with Crippen LogP contribution >= 0.6 is 11.3 Å². The third-order valence-electron chi connectivity index (χ3n) is 4.22. The van der Waals surface area contributed by atoms with E-state index in [1.165, 1.54) is 22.6 Å². The van der Waals surface area contributed by atoms with E-state index in [4.69, 9.17) is 0 Å². The van der Waals surface area contributed by atoms with Gasteiger partial charge in [-0.25, -0.2) is 4.39 Å². The van der Waals surface area contributed by atoms with Crippen molar-refractivity contribution in [2.45, 2.75) is 38.6 Å². The van der Waals surface area contributed by atoms with Gasteiger partial charge in [0.2, 0.25) is 5.91 Å². The van der Waals surface area contributed by atoms with Crippen molar-refractivity contribution in [1.29, 1.82) is 0 Å². The molecule has 0 aliphatic carbocycles. The first kappa shape index (κ1) is 15.2. The van der Waals surface area contributed by atoms with Gasteiger partial charge < -0.3 is 4.90 Å². The Bertz CT molecular complexity index is 649. The zero-order valence-electron chi connectivity index (χ0n) is 12.7. The maximum absolute atomic E-state index is 13.2. The predicted molar refractivity (Wildman–Crippen MR) is 87.5 cm³/mol. The molecule has 2 aromatic rings. The fraction of sp³-hybridized carbons (Fsp3) is 0.389. The van der Waals surface area contributed by atoms with Gasteiger partial charge in [-0.3, -0.25) is 4.79 Å². The quantitative estimate of drug-likeness (QED) is 0.810. The molecule has 1 atom stereocenters. The molecule has 1 aliphatic heterocycles. The van der Waals surface area contributed by atoms with E-state index in [-0.39, 0.29) is 17.8 Å². The second kappa shape index (κ2) is 6.61. The first-order valence-electron chi connectivity index (χ1n) is 7.82. The van der Waals surface area contributed by atoms with Crippen LogP contribution in [0.3, 0.4) is 0 Å². The molecular formula is C18H20FNOS. The van der Waals surface area contributed by atoms with Crippen LogP contribution in [0.15, 0.2) is 35.7 Å². The van der Waals surface area contributed by atoms with Crippen molar-refractivity contribution < 1.29 is 9.18 Å². The van der Waals surface area contributed by atoms with Gasteiger partial charge in [0, 0.05) is 17.8 Å². The summed E-state index contributed by atoms with van der Waals surface area (Å²) >= 11 is 1.75. The highest BCUT2D eigenvalue weighted by Crippen LogP contribution is 2.38. The number of carbonyl (C=O) groups excluding carboxylic acids is 1. The lowest BCUT2D eigenvalue weighted by atomic mass is 9.93. The van der Waals surface area contributed by atoms with Gasteiger partial charge in [-0.05, 0) is 47.5 Å². The van der Waals surface area contributed by atoms with Gasteiger partial charge in [-0.2, -0.15) is 0 Å². The number of halogens is 1. The topological polar surface area (TPSA) is 20.3 Å². The zero-order chi connectivity index (χ0) is 15.5. The van der Waals surface area contributed by atoms with Crippen molar-refractivity contribution in [2.75, 3.05) is 6.54 Å². The SMILES string of the molecule is CCCCC(=O)N1CCc2sccc2[C@@H]1c1ccc(F)cc1. The van der Waals surface area contributed by atoms with Crippen LogP contribution in [-0.2, 0) is 11.2 Å². The largest absolute Gasteiger partial charge is 0.331 e. The Balaban J connectivity index is 1.95. The number of fused-ring (bicyclic) bond motifs is 1. The van der Waals surface area contributed by atoms with Crippen molar-refractivity contribution in [3.05, 3.63) is 57.5 Å². The van der Waals surface area contributed by atoms with Crippen molar-refractivity contribution in [1.82, 2.24) is 4.90 Å². The van der Waals surface area contributed by atoms with E-state index in [0.29, 0.717) is 6.42 Å². The number of hydrogen-bond acceptors (Lipinski definition) is 2. The Hall–Kier alpha value is -1.68. The molecule has 3 rings (SSSR count). The number of hydrogen-bond donors (Lipinski definition) is 0. The van der Waals surface area contributed by atoms with Gasteiger partial charge >= 0.3 is 0 Å². The summed E-state index contributed by atoms with van der Waals surface area (Å²) in [6.07, 6.45) is 3.45. The highest BCUT2D eigenvalue weighted by atomic mass is 32.1. The summed E-state index contributed by atoms with van der Waals surface area (Å²) in [5.74, 6) is -0.0398. The molecule has 0 bridgehead atoms. The molecule has 1 aliphatic rings. The van der Waals surface area contributed by atoms with Crippen LogP contribution in [0.25, 0.3) is 0 Å². The monoisotopic (exact) mass is 317 g/mol. The van der Waals surface area contributed by atoms with Gasteiger partial charge in [0.25, 0.3) is 0 Å². The second-order valence-electron chi connectivity index (χ2n) is 5.69. The fourth-order valence-electron chi connectivity index (χ4n) is 3.06. The number of benzene rings is 1. The van der Waals surface area contributed by atoms with Gasteiger partial charge in [0.15, 0.2) is 0 Å². The lowest BCUT2D eigenvalue weighted by molar-refractivity contribution is -0.133. The van der Waals surface area contributed by atoms with E-state index in [0.717, 1.165) is 31.4 Å². The average Bonchev–Trinajstić information content (AvgIpc) is 3.01. The molecule has 2 nitrogen and oxygen atoms in total. The molecular weight excluding hydrogens is 297 g/mol. The number of thiophene rings is 1. The summed E-state index contributed by atoms with van der Waals surface area (Å²) in [4.78, 5) is 15.9. The Morgan fingerprint density at radius 3 is 2.82 bits per heavy atom. The first-order chi connectivity index (χ1) is 10.7. The number of rotatable bonds is 4. The van der Waals surface area contributed by atoms with Crippen LogP contribution in [0, 0.1) is 5.82 Å². The third kappa shape index (κ3) is 2.93. The Kier molecular flexibility index (Phi) is 4.57. The molecule has 1 aromatic heterocycles. The molecule has 0 fully saturated rings. The van der Waals surface area contributed by atoms with E-state index < -0.39 is 0 Å². The minimum Gasteiger partial charge on any atom is -0.331 e. The highest BCUT2D eigenvalue weighted by Gasteiger charge is 2.32. The Morgan fingerprint density at radius 1 is 1.32 bits per heavy atom. The number of carbonyl (C=O) groups is 1. The lowest BCUT2D eigenvalue weighted by Crippen LogP contribution is -2.40. The summed E-state index contributed by atoms with van der Waals surface area (Å²) in [7, 11) is 0. The van der Waals surface area contributed by atoms with Crippen LogP contribution in [0.5, 0.6) is 0 Å². The summed E-state index contributed by atoms with van der Waals surface area (Å²) < 4.78 is 13.2. The van der Waals surface area contributed by atoms with E-state index in [2.05, 4.69) is 18.4 Å². The molecule has 0 radical (unpaired) electrons. The van der Waals surface area contributed by atoms with Crippen LogP contribution in [0.4, 0.5) is 4.39 Å². The van der Waals surface area contributed by atoms with Crippen LogP contribution in [0.1, 0.15) is 48.2 Å². The van der Waals surface area contributed by atoms with Crippen molar-refractivity contribution >= 4 is 17.2 Å². The molecule has 116 valence electrons. The summed E-state index contributed by atoms with van der Waals surface area (Å²) in [6, 6.07) is 8.59. The molecule has 1 amide bonds. The van der Waals surface area contributed by atoms with E-state index in [1.807, 2.05) is 4.90 Å². The summed E-state index contributed by atoms with van der Waals surface area (Å²) in [5.41, 5.74) is 2.19. The smallest absolute Gasteiger partial charge is 0.223 e. The minimum absolute atomic E-state index is 0.0695. The molecule has 1 aromatic carbocycles. The molecule has 4 heteroatoms. The zero-order valence-corrected chi connectivity index (χ0v) is 13.5. The van der Waals surface area contributed by atoms with Gasteiger partial charge in [0.05, 0.1) is 6.04 Å². The Labute approximate surface area is 134 Å². The van der Waals surface area contributed by atoms with Crippen molar-refractivity contribution in [2.24, 2.45) is 0 Å². The second-order valence-corrected chi connectivity index (χ2v) is 6.69. The predicted octanol–water partition coefficient (Wildman–Crippen LogP) is 4.55. The first-order valence-corrected chi connectivity index (χ1v) is 8.70. The molecule has 0 unspecified atom stereocenters. The normalized spacial score (nSPS) is 17.4. The molecule has 0 saturated heterocycles. The van der Waals surface area contributed by atoms with E-state index >= 15 is 0 Å². The van der Waals surface area contributed by atoms with Gasteiger partial charge in [-0.1, -0.05) is 25.5 Å². The van der Waals surface area contributed by atoms with Crippen LogP contribution in [-0.4, -0.2) is 17.4 Å². The number of unbranched alkanes of at least 4 members (excludes halogenated alkanes) is 1. The number of amides is 1. The fourth-order valence-corrected chi connectivity index (χ4v) is 3.97. The molecule has 2 heterocycles. The van der Waals surface area contributed by atoms with E-state index in [9.17, 15) is 9.18 Å². The third-order valence-corrected chi connectivity index (χ3v) is 5.21. The maximum atomic E-state index is 13.2. The Morgan fingerprint density at radius 2 is 2.09 bits per heavy atom. The molecule has 0 saturated carbocycles. The summed E-state index contributed by atoms with van der Waals surface area (Å²) in [6.45, 7) is 2.84. The summed E-state index contributed by atoms with van der Waals surface area (Å²) in [5, 5.41) is 2.08. The van der Waals surface area contributed by atoms with Crippen molar-refractivity contribution in [3.63, 3.8) is 0 Å². The van der Waals surface area contributed by atoms with E-state index in [1.54, 1.807) is 23.5 Å². The highest BCUT2D eigenvalue weighted by molar-refractivity contribution is 7.10. The molecule has 22 heavy (non-hydrogen) atoms. The van der Waals surface area contributed by atoms with Crippen molar-refractivity contribution in [3.8, 4) is 0 Å². The maximum Gasteiger partial charge on any atom is 0.223 e. The molecule has 0 N–H and O–H groups in total. The number of nitrogens with zero attached hydrogens (tertiary/aromatic N) is 1. The molecule has 0 spiro atoms. The minimum atomic E-state index is -0.242. The lowest BCUT2D eigenvalue weighted by Gasteiger charge is -2.36. The van der Waals surface area contributed by atoms with Crippen LogP contribution in [0.2, 0.25) is 0 Å². The van der Waals surface area contributed by atoms with Gasteiger partial charge in [-0.15, -0.1) is 11.3 Å².